The molecule has 0 atom stereocenters. The van der Waals surface area contributed by atoms with Crippen molar-refractivity contribution in [1.82, 2.24) is 15.5 Å². The summed E-state index contributed by atoms with van der Waals surface area (Å²) in [6.07, 6.45) is 1.67. The van der Waals surface area contributed by atoms with E-state index in [0.29, 0.717) is 14.9 Å². The number of hydrogen-bond acceptors (Lipinski definition) is 5. The van der Waals surface area contributed by atoms with Crippen molar-refractivity contribution >= 4 is 56.7 Å². The summed E-state index contributed by atoms with van der Waals surface area (Å²) in [4.78, 5) is 50.1. The zero-order valence-corrected chi connectivity index (χ0v) is 18.2. The molecule has 1 aliphatic rings. The molecule has 1 heterocycles. The number of hydrogen-bond donors (Lipinski definition) is 2. The molecule has 0 spiro atoms. The van der Waals surface area contributed by atoms with Crippen molar-refractivity contribution in [2.24, 2.45) is 0 Å². The van der Waals surface area contributed by atoms with Gasteiger partial charge in [0.15, 0.2) is 0 Å². The minimum Gasteiger partial charge on any atom is -0.353 e. The van der Waals surface area contributed by atoms with Gasteiger partial charge < -0.3 is 10.6 Å². The molecular weight excluding hydrogens is 470 g/mol. The summed E-state index contributed by atoms with van der Waals surface area (Å²) in [7, 11) is 0. The topological polar surface area (TPSA) is 95.6 Å². The fourth-order valence-electron chi connectivity index (χ4n) is 2.66. The number of nitrogens with zero attached hydrogens (tertiary/aromatic N) is 1. The lowest BCUT2D eigenvalue weighted by Gasteiger charge is -2.13. The summed E-state index contributed by atoms with van der Waals surface area (Å²) in [5, 5.41) is 4.75. The van der Waals surface area contributed by atoms with E-state index in [1.165, 1.54) is 0 Å². The van der Waals surface area contributed by atoms with Gasteiger partial charge in [0.05, 0.1) is 17.0 Å². The molecule has 30 heavy (non-hydrogen) atoms. The first kappa shape index (κ1) is 21.8. The quantitative estimate of drug-likeness (QED) is 0.585. The molecule has 3 rings (SSSR count). The van der Waals surface area contributed by atoms with Crippen molar-refractivity contribution in [2.75, 3.05) is 19.6 Å². The van der Waals surface area contributed by atoms with E-state index in [1.807, 2.05) is 30.3 Å². The number of nitrogens with one attached hydrogen (secondary N) is 2. The molecule has 1 aliphatic heterocycles. The summed E-state index contributed by atoms with van der Waals surface area (Å²) in [6, 6.07) is 16.1. The highest BCUT2D eigenvalue weighted by atomic mass is 79.9. The third-order valence-electron chi connectivity index (χ3n) is 4.16. The predicted octanol–water partition coefficient (Wildman–Crippen LogP) is 3.03. The van der Waals surface area contributed by atoms with Crippen LogP contribution in [0.25, 0.3) is 6.08 Å². The fourth-order valence-corrected chi connectivity index (χ4v) is 3.99. The van der Waals surface area contributed by atoms with Crippen molar-refractivity contribution in [3.63, 3.8) is 0 Å². The van der Waals surface area contributed by atoms with Gasteiger partial charge in [0, 0.05) is 17.6 Å². The zero-order valence-electron chi connectivity index (χ0n) is 15.8. The minimum atomic E-state index is -0.415. The SMILES string of the molecule is O=C(CNC(=O)c1ccccc1Br)NCCN1C(=O)SC(=Cc2ccccc2)C1=O. The van der Waals surface area contributed by atoms with Crippen LogP contribution in [0.4, 0.5) is 4.79 Å². The van der Waals surface area contributed by atoms with Gasteiger partial charge in [-0.2, -0.15) is 0 Å². The van der Waals surface area contributed by atoms with Crippen molar-refractivity contribution in [1.29, 1.82) is 0 Å². The van der Waals surface area contributed by atoms with Crippen LogP contribution >= 0.6 is 27.7 Å². The van der Waals surface area contributed by atoms with Crippen LogP contribution in [-0.2, 0) is 9.59 Å². The Morgan fingerprint density at radius 1 is 1.00 bits per heavy atom. The Balaban J connectivity index is 1.45. The molecule has 4 amide bonds. The molecule has 0 aliphatic carbocycles. The van der Waals surface area contributed by atoms with Gasteiger partial charge in [-0.1, -0.05) is 42.5 Å². The number of carbonyl (C=O) groups excluding carboxylic acids is 4. The average Bonchev–Trinajstić information content (AvgIpc) is 3.00. The highest BCUT2D eigenvalue weighted by Crippen LogP contribution is 2.31. The molecule has 2 N–H and O–H groups in total. The normalized spacial score (nSPS) is 14.8. The molecule has 0 saturated carbocycles. The molecule has 154 valence electrons. The predicted molar refractivity (Wildman–Crippen MR) is 119 cm³/mol. The molecule has 1 fully saturated rings. The third kappa shape index (κ3) is 5.58. The van der Waals surface area contributed by atoms with E-state index in [4.69, 9.17) is 0 Å². The van der Waals surface area contributed by atoms with E-state index in [1.54, 1.807) is 30.3 Å². The number of imide groups is 1. The minimum absolute atomic E-state index is 0.0563. The standard InChI is InChI=1S/C21H18BrN3O4S/c22-16-9-5-4-8-15(16)19(27)24-13-18(26)23-10-11-25-20(28)17(30-21(25)29)12-14-6-2-1-3-7-14/h1-9,12H,10-11,13H2,(H,23,26)(H,24,27). The van der Waals surface area contributed by atoms with E-state index in [9.17, 15) is 19.2 Å². The highest BCUT2D eigenvalue weighted by molar-refractivity contribution is 9.10. The number of halogens is 1. The second kappa shape index (κ2) is 10.2. The van der Waals surface area contributed by atoms with E-state index < -0.39 is 5.91 Å². The summed E-state index contributed by atoms with van der Waals surface area (Å²) in [5.74, 6) is -1.18. The van der Waals surface area contributed by atoms with Crippen LogP contribution in [0, 0.1) is 0 Å². The first-order valence-electron chi connectivity index (χ1n) is 9.05. The fraction of sp³-hybridized carbons (Fsp3) is 0.143. The molecule has 9 heteroatoms. The van der Waals surface area contributed by atoms with Crippen LogP contribution in [0.15, 0.2) is 64.0 Å². The van der Waals surface area contributed by atoms with Crippen LogP contribution in [-0.4, -0.2) is 47.5 Å². The van der Waals surface area contributed by atoms with Gasteiger partial charge in [-0.05, 0) is 51.5 Å². The lowest BCUT2D eigenvalue weighted by molar-refractivity contribution is -0.124. The maximum atomic E-state index is 12.4. The first-order chi connectivity index (χ1) is 14.5. The average molecular weight is 488 g/mol. The van der Waals surface area contributed by atoms with Crippen molar-refractivity contribution < 1.29 is 19.2 Å². The Labute approximate surface area is 186 Å². The molecule has 1 saturated heterocycles. The molecule has 0 radical (unpaired) electrons. The highest BCUT2D eigenvalue weighted by Gasteiger charge is 2.34. The summed E-state index contributed by atoms with van der Waals surface area (Å²) in [6.45, 7) is -0.0585. The number of rotatable bonds is 7. The zero-order chi connectivity index (χ0) is 21.5. The van der Waals surface area contributed by atoms with Gasteiger partial charge in [0.2, 0.25) is 5.91 Å². The van der Waals surface area contributed by atoms with Gasteiger partial charge in [0.1, 0.15) is 0 Å². The molecule has 0 unspecified atom stereocenters. The Kier molecular flexibility index (Phi) is 7.42. The lowest BCUT2D eigenvalue weighted by Crippen LogP contribution is -2.41. The number of benzene rings is 2. The smallest absolute Gasteiger partial charge is 0.293 e. The maximum absolute atomic E-state index is 12.4. The third-order valence-corrected chi connectivity index (χ3v) is 5.76. The Bertz CT molecular complexity index is 1010. The van der Waals surface area contributed by atoms with E-state index in [2.05, 4.69) is 26.6 Å². The molecule has 2 aromatic carbocycles. The first-order valence-corrected chi connectivity index (χ1v) is 10.7. The number of carbonyl (C=O) groups is 4. The van der Waals surface area contributed by atoms with E-state index >= 15 is 0 Å². The monoisotopic (exact) mass is 487 g/mol. The number of amides is 4. The van der Waals surface area contributed by atoms with E-state index in [0.717, 1.165) is 22.2 Å². The van der Waals surface area contributed by atoms with Crippen LogP contribution < -0.4 is 10.6 Å². The van der Waals surface area contributed by atoms with Gasteiger partial charge in [-0.15, -0.1) is 0 Å². The van der Waals surface area contributed by atoms with E-state index in [-0.39, 0.29) is 36.7 Å². The van der Waals surface area contributed by atoms with Crippen molar-refractivity contribution in [3.05, 3.63) is 75.1 Å². The van der Waals surface area contributed by atoms with Gasteiger partial charge in [0.25, 0.3) is 17.1 Å². The van der Waals surface area contributed by atoms with Gasteiger partial charge in [-0.25, -0.2) is 0 Å². The molecule has 0 aromatic heterocycles. The van der Waals surface area contributed by atoms with Gasteiger partial charge >= 0.3 is 0 Å². The summed E-state index contributed by atoms with van der Waals surface area (Å²) >= 11 is 4.16. The summed E-state index contributed by atoms with van der Waals surface area (Å²) < 4.78 is 0.630. The second-order valence-electron chi connectivity index (χ2n) is 6.26. The second-order valence-corrected chi connectivity index (χ2v) is 8.10. The Hall–Kier alpha value is -2.91. The van der Waals surface area contributed by atoms with Crippen LogP contribution in [0.1, 0.15) is 15.9 Å². The molecule has 2 aromatic rings. The Morgan fingerprint density at radius 3 is 2.43 bits per heavy atom. The van der Waals surface area contributed by atoms with Crippen molar-refractivity contribution in [3.8, 4) is 0 Å². The van der Waals surface area contributed by atoms with Crippen molar-refractivity contribution in [2.45, 2.75) is 0 Å². The summed E-state index contributed by atoms with van der Waals surface area (Å²) in [5.41, 5.74) is 1.26. The molecular formula is C21H18BrN3O4S. The van der Waals surface area contributed by atoms with Crippen LogP contribution in [0.3, 0.4) is 0 Å². The molecule has 0 bridgehead atoms. The van der Waals surface area contributed by atoms with Crippen LogP contribution in [0.5, 0.6) is 0 Å². The maximum Gasteiger partial charge on any atom is 0.293 e. The Morgan fingerprint density at radius 2 is 1.70 bits per heavy atom. The molecule has 7 nitrogen and oxygen atoms in total. The number of thioether (sulfide) groups is 1. The van der Waals surface area contributed by atoms with Gasteiger partial charge in [-0.3, -0.25) is 24.1 Å². The lowest BCUT2D eigenvalue weighted by atomic mass is 10.2. The largest absolute Gasteiger partial charge is 0.353 e. The van der Waals surface area contributed by atoms with Crippen LogP contribution in [0.2, 0.25) is 0 Å².